The van der Waals surface area contributed by atoms with Crippen LogP contribution in [0.25, 0.3) is 33.3 Å². The van der Waals surface area contributed by atoms with Gasteiger partial charge in [-0.05, 0) is 42.8 Å². The van der Waals surface area contributed by atoms with E-state index in [1.165, 1.54) is 12.4 Å². The van der Waals surface area contributed by atoms with Crippen molar-refractivity contribution < 1.29 is 4.39 Å². The van der Waals surface area contributed by atoms with Crippen molar-refractivity contribution in [3.05, 3.63) is 83.5 Å². The van der Waals surface area contributed by atoms with Crippen molar-refractivity contribution in [3.63, 3.8) is 0 Å². The van der Waals surface area contributed by atoms with Crippen LogP contribution < -0.4 is 16.4 Å². The third-order valence-corrected chi connectivity index (χ3v) is 6.02. The number of rotatable bonds is 5. The van der Waals surface area contributed by atoms with Gasteiger partial charge in [0, 0.05) is 41.2 Å². The van der Waals surface area contributed by atoms with E-state index in [0.717, 1.165) is 27.6 Å². The van der Waals surface area contributed by atoms with Gasteiger partial charge in [0.05, 0.1) is 22.1 Å². The Morgan fingerprint density at radius 2 is 1.74 bits per heavy atom. The Morgan fingerprint density at radius 1 is 0.914 bits per heavy atom. The minimum absolute atomic E-state index is 0.0227. The highest BCUT2D eigenvalue weighted by atomic mass is 35.5. The molecule has 0 aliphatic rings. The Morgan fingerprint density at radius 3 is 2.57 bits per heavy atom. The van der Waals surface area contributed by atoms with E-state index < -0.39 is 5.82 Å². The van der Waals surface area contributed by atoms with Crippen LogP contribution in [0.2, 0.25) is 5.02 Å². The Hall–Kier alpha value is -4.30. The van der Waals surface area contributed by atoms with E-state index in [1.54, 1.807) is 25.4 Å². The third-order valence-electron chi connectivity index (χ3n) is 5.73. The van der Waals surface area contributed by atoms with Crippen LogP contribution in [-0.2, 0) is 0 Å². The molecule has 35 heavy (non-hydrogen) atoms. The van der Waals surface area contributed by atoms with Gasteiger partial charge >= 0.3 is 0 Å². The van der Waals surface area contributed by atoms with Gasteiger partial charge in [-0.2, -0.15) is 0 Å². The summed E-state index contributed by atoms with van der Waals surface area (Å²) in [7, 11) is 1.80. The van der Waals surface area contributed by atoms with Gasteiger partial charge in [-0.1, -0.05) is 29.8 Å². The molecule has 0 aliphatic carbocycles. The first-order valence-electron chi connectivity index (χ1n) is 10.8. The van der Waals surface area contributed by atoms with Gasteiger partial charge in [0.2, 0.25) is 0 Å². The summed E-state index contributed by atoms with van der Waals surface area (Å²) < 4.78 is 14.8. The molecule has 0 unspecified atom stereocenters. The number of fused-ring (bicyclic) bond motifs is 1. The van der Waals surface area contributed by atoms with Crippen LogP contribution in [0.15, 0.2) is 67.1 Å². The van der Waals surface area contributed by atoms with Gasteiger partial charge in [0.15, 0.2) is 5.82 Å². The van der Waals surface area contributed by atoms with Crippen molar-refractivity contribution in [2.45, 2.75) is 6.92 Å². The number of nitrogens with two attached hydrogens (primary N) is 1. The van der Waals surface area contributed by atoms with Gasteiger partial charge in [0.1, 0.15) is 23.8 Å². The first-order valence-corrected chi connectivity index (χ1v) is 11.2. The van der Waals surface area contributed by atoms with Gasteiger partial charge in [-0.3, -0.25) is 0 Å². The summed E-state index contributed by atoms with van der Waals surface area (Å²) in [6.07, 6.45) is 3.20. The van der Waals surface area contributed by atoms with Crippen LogP contribution in [0, 0.1) is 12.7 Å². The molecule has 0 saturated carbocycles. The SMILES string of the molecule is CNc1cc(-c2cccnc2Nc2c(C)ccc3c(N)nc(-c4cccc(Cl)c4F)cc23)ncn1. The maximum Gasteiger partial charge on any atom is 0.151 e. The molecule has 7 nitrogen and oxygen atoms in total. The maximum absolute atomic E-state index is 14.8. The van der Waals surface area contributed by atoms with Gasteiger partial charge in [0.25, 0.3) is 0 Å². The fraction of sp³-hybridized carbons (Fsp3) is 0.0769. The number of nitrogen functional groups attached to an aromatic ring is 1. The number of anilines is 4. The van der Waals surface area contributed by atoms with Crippen molar-refractivity contribution >= 4 is 45.5 Å². The highest BCUT2D eigenvalue weighted by Crippen LogP contribution is 2.37. The Kier molecular flexibility index (Phi) is 5.88. The maximum atomic E-state index is 14.8. The molecule has 5 aromatic rings. The fourth-order valence-electron chi connectivity index (χ4n) is 3.94. The van der Waals surface area contributed by atoms with Crippen LogP contribution in [0.1, 0.15) is 5.56 Å². The number of pyridine rings is 2. The van der Waals surface area contributed by atoms with E-state index in [0.29, 0.717) is 23.0 Å². The van der Waals surface area contributed by atoms with Gasteiger partial charge in [-0.15, -0.1) is 0 Å². The zero-order valence-electron chi connectivity index (χ0n) is 19.0. The Labute approximate surface area is 206 Å². The third kappa shape index (κ3) is 4.20. The van der Waals surface area contributed by atoms with Crippen LogP contribution in [-0.4, -0.2) is 27.0 Å². The summed E-state index contributed by atoms with van der Waals surface area (Å²) in [6.45, 7) is 1.98. The molecule has 0 bridgehead atoms. The minimum Gasteiger partial charge on any atom is -0.383 e. The normalized spacial score (nSPS) is 11.0. The standard InChI is InChI=1S/C26H21ClFN7/c1-14-8-9-15-18(11-21(34-25(15)29)16-5-3-7-19(27)23(16)28)24(14)35-26-17(6-4-10-31-26)20-12-22(30-2)33-13-32-20/h3-13H,1-2H3,(H2,29,34)(H,31,35)(H,30,32,33). The second kappa shape index (κ2) is 9.15. The number of hydrogen-bond acceptors (Lipinski definition) is 7. The number of hydrogen-bond donors (Lipinski definition) is 3. The number of aryl methyl sites for hydroxylation is 1. The molecule has 9 heteroatoms. The van der Waals surface area contributed by atoms with Crippen molar-refractivity contribution in [1.29, 1.82) is 0 Å². The lowest BCUT2D eigenvalue weighted by Gasteiger charge is -2.17. The molecule has 0 spiro atoms. The molecular formula is C26H21ClFN7. The van der Waals surface area contributed by atoms with Crippen LogP contribution in [0.4, 0.5) is 27.5 Å². The van der Waals surface area contributed by atoms with Gasteiger partial charge in [-0.25, -0.2) is 24.3 Å². The van der Waals surface area contributed by atoms with E-state index in [9.17, 15) is 4.39 Å². The molecule has 0 aliphatic heterocycles. The molecule has 0 amide bonds. The largest absolute Gasteiger partial charge is 0.383 e. The summed E-state index contributed by atoms with van der Waals surface area (Å²) in [5.41, 5.74) is 10.2. The molecule has 0 fully saturated rings. The molecule has 174 valence electrons. The smallest absolute Gasteiger partial charge is 0.151 e. The van der Waals surface area contributed by atoms with Crippen molar-refractivity contribution in [1.82, 2.24) is 19.9 Å². The monoisotopic (exact) mass is 485 g/mol. The van der Waals surface area contributed by atoms with E-state index in [-0.39, 0.29) is 16.4 Å². The zero-order valence-corrected chi connectivity index (χ0v) is 19.7. The lowest BCUT2D eigenvalue weighted by molar-refractivity contribution is 0.631. The number of halogens is 2. The van der Waals surface area contributed by atoms with Crippen LogP contribution in [0.3, 0.4) is 0 Å². The van der Waals surface area contributed by atoms with E-state index in [1.807, 2.05) is 43.3 Å². The van der Waals surface area contributed by atoms with E-state index in [2.05, 4.69) is 30.6 Å². The minimum atomic E-state index is -0.543. The summed E-state index contributed by atoms with van der Waals surface area (Å²) in [4.78, 5) is 17.6. The Bertz CT molecular complexity index is 1570. The van der Waals surface area contributed by atoms with Crippen molar-refractivity contribution in [2.24, 2.45) is 0 Å². The number of nitrogens with one attached hydrogen (secondary N) is 2. The summed E-state index contributed by atoms with van der Waals surface area (Å²) in [5, 5.41) is 8.02. The molecule has 0 atom stereocenters. The average Bonchev–Trinajstić information content (AvgIpc) is 2.87. The highest BCUT2D eigenvalue weighted by Gasteiger charge is 2.17. The summed E-state index contributed by atoms with van der Waals surface area (Å²) in [5.74, 6) is 1.04. The number of benzene rings is 2. The van der Waals surface area contributed by atoms with Crippen molar-refractivity contribution in [3.8, 4) is 22.5 Å². The predicted molar refractivity (Wildman–Crippen MR) is 139 cm³/mol. The average molecular weight is 486 g/mol. The summed E-state index contributed by atoms with van der Waals surface area (Å²) >= 11 is 6.01. The quantitative estimate of drug-likeness (QED) is 0.271. The van der Waals surface area contributed by atoms with Crippen molar-refractivity contribution in [2.75, 3.05) is 23.4 Å². The number of aromatic nitrogens is 4. The first kappa shape index (κ1) is 22.5. The fourth-order valence-corrected chi connectivity index (χ4v) is 4.11. The van der Waals surface area contributed by atoms with E-state index in [4.69, 9.17) is 17.3 Å². The predicted octanol–water partition coefficient (Wildman–Crippen LogP) is 6.22. The second-order valence-corrected chi connectivity index (χ2v) is 8.32. The Balaban J connectivity index is 1.68. The van der Waals surface area contributed by atoms with Crippen LogP contribution in [0.5, 0.6) is 0 Å². The van der Waals surface area contributed by atoms with Gasteiger partial charge < -0.3 is 16.4 Å². The molecule has 2 aromatic carbocycles. The topological polar surface area (TPSA) is 102 Å². The highest BCUT2D eigenvalue weighted by molar-refractivity contribution is 6.31. The molecule has 3 heterocycles. The van der Waals surface area contributed by atoms with E-state index >= 15 is 0 Å². The number of nitrogens with zero attached hydrogens (tertiary/aromatic N) is 4. The molecule has 5 rings (SSSR count). The molecular weight excluding hydrogens is 465 g/mol. The molecule has 0 saturated heterocycles. The molecule has 4 N–H and O–H groups in total. The lowest BCUT2D eigenvalue weighted by Crippen LogP contribution is -2.03. The van der Waals surface area contributed by atoms with Crippen LogP contribution >= 0.6 is 11.6 Å². The summed E-state index contributed by atoms with van der Waals surface area (Å²) in [6, 6.07) is 16.1. The molecule has 0 radical (unpaired) electrons. The first-order chi connectivity index (χ1) is 17.0. The zero-order chi connectivity index (χ0) is 24.5. The second-order valence-electron chi connectivity index (χ2n) is 7.91. The molecule has 3 aromatic heterocycles. The lowest BCUT2D eigenvalue weighted by atomic mass is 10.0.